The first-order valence-electron chi connectivity index (χ1n) is 18.8. The van der Waals surface area contributed by atoms with Gasteiger partial charge in [-0.05, 0) is 92.0 Å². The number of nitrogens with zero attached hydrogens (tertiary/aromatic N) is 3. The summed E-state index contributed by atoms with van der Waals surface area (Å²) in [6, 6.07) is 61.2. The lowest BCUT2D eigenvalue weighted by molar-refractivity contribution is 0.669. The summed E-state index contributed by atoms with van der Waals surface area (Å²) in [5.41, 5.74) is 8.11. The Morgan fingerprint density at radius 2 is 0.589 bits per heavy atom. The molecule has 12 rings (SSSR count). The number of hydrogen-bond donors (Lipinski definition) is 0. The molecule has 5 nitrogen and oxygen atoms in total. The zero-order chi connectivity index (χ0) is 36.7. The number of fused-ring (bicyclic) bond motifs is 12. The second kappa shape index (κ2) is 11.9. The van der Waals surface area contributed by atoms with E-state index in [1.54, 1.807) is 0 Å². The van der Waals surface area contributed by atoms with E-state index in [9.17, 15) is 0 Å². The maximum atomic E-state index is 6.62. The molecule has 9 aromatic carbocycles. The van der Waals surface area contributed by atoms with Gasteiger partial charge >= 0.3 is 0 Å². The van der Waals surface area contributed by atoms with Crippen LogP contribution in [0.15, 0.2) is 185 Å². The second-order valence-electron chi connectivity index (χ2n) is 14.4. The Labute approximate surface area is 320 Å². The van der Waals surface area contributed by atoms with E-state index < -0.39 is 0 Å². The zero-order valence-electron chi connectivity index (χ0n) is 29.9. The number of furan rings is 2. The number of aromatic nitrogens is 3. The van der Waals surface area contributed by atoms with Crippen molar-refractivity contribution in [3.63, 3.8) is 0 Å². The SMILES string of the molecule is c1ccc(-c2nc(-c3ccc4c(c3)oc3ccccc34)nc(-c3ccc4c(c3)oc3cc(-c5ccc6c7ccccc7c7ccccc7c6c5)ccc34)n2)cc1. The summed E-state index contributed by atoms with van der Waals surface area (Å²) in [5, 5.41) is 11.8. The maximum absolute atomic E-state index is 6.62. The highest BCUT2D eigenvalue weighted by atomic mass is 16.3. The normalized spacial score (nSPS) is 11.9. The summed E-state index contributed by atoms with van der Waals surface area (Å²) in [6.45, 7) is 0. The van der Waals surface area contributed by atoms with Crippen LogP contribution in [0.5, 0.6) is 0 Å². The van der Waals surface area contributed by atoms with Gasteiger partial charge in [-0.3, -0.25) is 0 Å². The quantitative estimate of drug-likeness (QED) is 0.170. The van der Waals surface area contributed by atoms with Gasteiger partial charge in [-0.15, -0.1) is 0 Å². The number of benzene rings is 9. The van der Waals surface area contributed by atoms with Crippen LogP contribution in [0.1, 0.15) is 0 Å². The van der Waals surface area contributed by atoms with Crippen LogP contribution in [0.3, 0.4) is 0 Å². The minimum absolute atomic E-state index is 0.567. The molecule has 0 unspecified atom stereocenters. The van der Waals surface area contributed by atoms with Crippen molar-refractivity contribution in [2.75, 3.05) is 0 Å². The van der Waals surface area contributed by atoms with Crippen molar-refractivity contribution in [1.29, 1.82) is 0 Å². The van der Waals surface area contributed by atoms with Crippen molar-refractivity contribution >= 4 is 76.2 Å². The van der Waals surface area contributed by atoms with Crippen molar-refractivity contribution in [1.82, 2.24) is 15.0 Å². The third-order valence-corrected chi connectivity index (χ3v) is 11.1. The van der Waals surface area contributed by atoms with E-state index in [1.165, 1.54) is 32.3 Å². The van der Waals surface area contributed by atoms with Gasteiger partial charge in [-0.1, -0.05) is 127 Å². The fourth-order valence-corrected chi connectivity index (χ4v) is 8.40. The number of para-hydroxylation sites is 1. The molecule has 0 saturated carbocycles. The predicted octanol–water partition coefficient (Wildman–Crippen LogP) is 13.8. The number of hydrogen-bond acceptors (Lipinski definition) is 5. The summed E-state index contributed by atoms with van der Waals surface area (Å²) in [4.78, 5) is 15.0. The maximum Gasteiger partial charge on any atom is 0.164 e. The summed E-state index contributed by atoms with van der Waals surface area (Å²) in [5.74, 6) is 1.74. The Kier molecular flexibility index (Phi) is 6.56. The highest BCUT2D eigenvalue weighted by Crippen LogP contribution is 2.39. The molecule has 0 atom stereocenters. The molecule has 0 saturated heterocycles. The standard InChI is InChI=1S/C51H29N3O2/c1-2-10-30(11-3-1)49-52-50(33-20-24-41-40-16-8-9-17-45(40)55-47(41)28-33)54-51(53-49)34-21-25-43-42-23-19-32(27-46(42)56-48(43)29-34)31-18-22-39-37-14-5-4-12-35(37)36-13-6-7-15-38(36)44(39)26-31/h1-29H. The lowest BCUT2D eigenvalue weighted by Crippen LogP contribution is -2.00. The van der Waals surface area contributed by atoms with Gasteiger partial charge in [-0.25, -0.2) is 15.0 Å². The monoisotopic (exact) mass is 715 g/mol. The van der Waals surface area contributed by atoms with Crippen LogP contribution in [0.25, 0.3) is 121 Å². The van der Waals surface area contributed by atoms with Crippen molar-refractivity contribution < 1.29 is 8.83 Å². The average molecular weight is 716 g/mol. The molecular formula is C51H29N3O2. The van der Waals surface area contributed by atoms with Crippen LogP contribution in [-0.4, -0.2) is 15.0 Å². The van der Waals surface area contributed by atoms with Crippen molar-refractivity contribution in [3.8, 4) is 45.3 Å². The molecule has 0 amide bonds. The van der Waals surface area contributed by atoms with Gasteiger partial charge in [0.05, 0.1) is 0 Å². The molecule has 0 aliphatic heterocycles. The first-order valence-corrected chi connectivity index (χ1v) is 18.8. The Morgan fingerprint density at radius 1 is 0.232 bits per heavy atom. The first kappa shape index (κ1) is 30.8. The molecule has 0 aliphatic carbocycles. The van der Waals surface area contributed by atoms with E-state index in [1.807, 2.05) is 60.7 Å². The molecule has 260 valence electrons. The van der Waals surface area contributed by atoms with Gasteiger partial charge in [0, 0.05) is 38.2 Å². The molecule has 3 aromatic heterocycles. The molecule has 0 radical (unpaired) electrons. The largest absolute Gasteiger partial charge is 0.456 e. The highest BCUT2D eigenvalue weighted by Gasteiger charge is 2.17. The van der Waals surface area contributed by atoms with Gasteiger partial charge in [-0.2, -0.15) is 0 Å². The minimum atomic E-state index is 0.567. The van der Waals surface area contributed by atoms with E-state index in [4.69, 9.17) is 23.8 Å². The molecule has 3 heterocycles. The van der Waals surface area contributed by atoms with Crippen LogP contribution in [0.4, 0.5) is 0 Å². The fourth-order valence-electron chi connectivity index (χ4n) is 8.40. The van der Waals surface area contributed by atoms with Crippen LogP contribution in [0.2, 0.25) is 0 Å². The predicted molar refractivity (Wildman–Crippen MR) is 229 cm³/mol. The third-order valence-electron chi connectivity index (χ3n) is 11.1. The van der Waals surface area contributed by atoms with Gasteiger partial charge in [0.15, 0.2) is 17.5 Å². The van der Waals surface area contributed by atoms with Crippen molar-refractivity contribution in [2.24, 2.45) is 0 Å². The molecule has 0 bridgehead atoms. The lowest BCUT2D eigenvalue weighted by atomic mass is 9.92. The minimum Gasteiger partial charge on any atom is -0.456 e. The third kappa shape index (κ3) is 4.78. The Bertz CT molecular complexity index is 3510. The van der Waals surface area contributed by atoms with Gasteiger partial charge in [0.1, 0.15) is 22.3 Å². The smallest absolute Gasteiger partial charge is 0.164 e. The lowest BCUT2D eigenvalue weighted by Gasteiger charge is -2.12. The van der Waals surface area contributed by atoms with Crippen molar-refractivity contribution in [2.45, 2.75) is 0 Å². The van der Waals surface area contributed by atoms with Gasteiger partial charge in [0.2, 0.25) is 0 Å². The molecule has 0 spiro atoms. The molecular weight excluding hydrogens is 687 g/mol. The van der Waals surface area contributed by atoms with Crippen LogP contribution in [-0.2, 0) is 0 Å². The van der Waals surface area contributed by atoms with Crippen LogP contribution in [0, 0.1) is 0 Å². The molecule has 56 heavy (non-hydrogen) atoms. The van der Waals surface area contributed by atoms with Crippen molar-refractivity contribution in [3.05, 3.63) is 176 Å². The van der Waals surface area contributed by atoms with E-state index in [0.29, 0.717) is 17.5 Å². The summed E-state index contributed by atoms with van der Waals surface area (Å²) in [6.07, 6.45) is 0. The number of rotatable bonds is 4. The zero-order valence-corrected chi connectivity index (χ0v) is 29.9. The second-order valence-corrected chi connectivity index (χ2v) is 14.4. The fraction of sp³-hybridized carbons (Fsp3) is 0. The Balaban J connectivity index is 0.970. The Hall–Kier alpha value is -7.63. The van der Waals surface area contributed by atoms with Crippen LogP contribution < -0.4 is 0 Å². The Morgan fingerprint density at radius 3 is 1.16 bits per heavy atom. The van der Waals surface area contributed by atoms with E-state index in [2.05, 4.69) is 115 Å². The van der Waals surface area contributed by atoms with Gasteiger partial charge < -0.3 is 8.83 Å². The van der Waals surface area contributed by atoms with E-state index >= 15 is 0 Å². The van der Waals surface area contributed by atoms with E-state index in [-0.39, 0.29) is 0 Å². The summed E-state index contributed by atoms with van der Waals surface area (Å²) < 4.78 is 12.8. The summed E-state index contributed by atoms with van der Waals surface area (Å²) >= 11 is 0. The highest BCUT2D eigenvalue weighted by molar-refractivity contribution is 6.25. The van der Waals surface area contributed by atoms with E-state index in [0.717, 1.165) is 71.7 Å². The van der Waals surface area contributed by atoms with Crippen LogP contribution >= 0.6 is 0 Å². The topological polar surface area (TPSA) is 65.0 Å². The molecule has 5 heteroatoms. The molecule has 0 N–H and O–H groups in total. The first-order chi connectivity index (χ1) is 27.7. The molecule has 0 fully saturated rings. The molecule has 12 aromatic rings. The van der Waals surface area contributed by atoms with Gasteiger partial charge in [0.25, 0.3) is 0 Å². The summed E-state index contributed by atoms with van der Waals surface area (Å²) in [7, 11) is 0. The average Bonchev–Trinajstić information content (AvgIpc) is 3.83. The molecule has 0 aliphatic rings.